The Labute approximate surface area is 132 Å². The SMILES string of the molecule is O=c1ccn(C2CC2)c(SCc2cccc3c2OCCO3)n1. The third-order valence-corrected chi connectivity index (χ3v) is 4.76. The molecule has 2 heterocycles. The first-order valence-corrected chi connectivity index (χ1v) is 8.39. The van der Waals surface area contributed by atoms with Crippen molar-refractivity contribution in [3.05, 3.63) is 46.4 Å². The van der Waals surface area contributed by atoms with E-state index < -0.39 is 0 Å². The van der Waals surface area contributed by atoms with Gasteiger partial charge in [-0.1, -0.05) is 23.9 Å². The fourth-order valence-electron chi connectivity index (χ4n) is 2.52. The zero-order valence-electron chi connectivity index (χ0n) is 12.0. The molecule has 0 saturated heterocycles. The quantitative estimate of drug-likeness (QED) is 0.641. The molecular formula is C16H16N2O3S. The predicted octanol–water partition coefficient (Wildman–Crippen LogP) is 2.64. The summed E-state index contributed by atoms with van der Waals surface area (Å²) >= 11 is 1.57. The summed E-state index contributed by atoms with van der Waals surface area (Å²) in [4.78, 5) is 15.7. The number of nitrogens with zero attached hydrogens (tertiary/aromatic N) is 2. The van der Waals surface area contributed by atoms with E-state index in [1.807, 2.05) is 24.4 Å². The van der Waals surface area contributed by atoms with E-state index in [4.69, 9.17) is 9.47 Å². The van der Waals surface area contributed by atoms with Crippen LogP contribution in [0.25, 0.3) is 0 Å². The van der Waals surface area contributed by atoms with E-state index in [1.165, 1.54) is 6.07 Å². The lowest BCUT2D eigenvalue weighted by Gasteiger charge is -2.21. The highest BCUT2D eigenvalue weighted by molar-refractivity contribution is 7.98. The molecule has 5 nitrogen and oxygen atoms in total. The van der Waals surface area contributed by atoms with Crippen molar-refractivity contribution >= 4 is 11.8 Å². The van der Waals surface area contributed by atoms with Crippen LogP contribution in [0.3, 0.4) is 0 Å². The van der Waals surface area contributed by atoms with E-state index in [0.717, 1.165) is 35.1 Å². The van der Waals surface area contributed by atoms with Crippen molar-refractivity contribution in [2.24, 2.45) is 0 Å². The number of para-hydroxylation sites is 1. The molecule has 1 aromatic carbocycles. The van der Waals surface area contributed by atoms with Gasteiger partial charge in [0, 0.05) is 29.6 Å². The molecular weight excluding hydrogens is 300 g/mol. The molecule has 2 aromatic rings. The van der Waals surface area contributed by atoms with Gasteiger partial charge in [0.05, 0.1) is 0 Å². The largest absolute Gasteiger partial charge is 0.486 e. The minimum atomic E-state index is -0.186. The minimum Gasteiger partial charge on any atom is -0.486 e. The van der Waals surface area contributed by atoms with Gasteiger partial charge in [0.15, 0.2) is 16.7 Å². The number of benzene rings is 1. The average molecular weight is 316 g/mol. The van der Waals surface area contributed by atoms with Crippen LogP contribution in [0.1, 0.15) is 24.4 Å². The highest BCUT2D eigenvalue weighted by Gasteiger charge is 2.25. The van der Waals surface area contributed by atoms with Crippen LogP contribution < -0.4 is 15.0 Å². The molecule has 0 amide bonds. The van der Waals surface area contributed by atoms with Crippen molar-refractivity contribution < 1.29 is 9.47 Å². The summed E-state index contributed by atoms with van der Waals surface area (Å²) in [5.74, 6) is 2.32. The highest BCUT2D eigenvalue weighted by Crippen LogP contribution is 2.39. The standard InChI is InChI=1S/C16H16N2O3S/c19-14-6-7-18(12-4-5-12)16(17-14)22-10-11-2-1-3-13-15(11)21-9-8-20-13/h1-3,6-7,12H,4-5,8-10H2. The second-order valence-corrected chi connectivity index (χ2v) is 6.36. The second-order valence-electron chi connectivity index (χ2n) is 5.42. The van der Waals surface area contributed by atoms with Crippen LogP contribution in [-0.2, 0) is 5.75 Å². The molecule has 1 saturated carbocycles. The summed E-state index contributed by atoms with van der Waals surface area (Å²) in [7, 11) is 0. The maximum Gasteiger partial charge on any atom is 0.273 e. The van der Waals surface area contributed by atoms with E-state index in [9.17, 15) is 4.79 Å². The van der Waals surface area contributed by atoms with Gasteiger partial charge in [-0.15, -0.1) is 0 Å². The number of rotatable bonds is 4. The van der Waals surface area contributed by atoms with Crippen LogP contribution in [0.2, 0.25) is 0 Å². The van der Waals surface area contributed by atoms with Crippen molar-refractivity contribution in [1.82, 2.24) is 9.55 Å². The van der Waals surface area contributed by atoms with Crippen molar-refractivity contribution in [3.8, 4) is 11.5 Å². The van der Waals surface area contributed by atoms with Crippen molar-refractivity contribution in [2.45, 2.75) is 29.8 Å². The van der Waals surface area contributed by atoms with Gasteiger partial charge in [-0.25, -0.2) is 0 Å². The first kappa shape index (κ1) is 13.7. The molecule has 1 aromatic heterocycles. The molecule has 0 bridgehead atoms. The summed E-state index contributed by atoms with van der Waals surface area (Å²) in [5.41, 5.74) is 0.886. The van der Waals surface area contributed by atoms with E-state index in [2.05, 4.69) is 9.55 Å². The molecule has 1 aliphatic heterocycles. The first-order valence-electron chi connectivity index (χ1n) is 7.41. The van der Waals surface area contributed by atoms with E-state index >= 15 is 0 Å². The fraction of sp³-hybridized carbons (Fsp3) is 0.375. The van der Waals surface area contributed by atoms with Crippen LogP contribution in [0.15, 0.2) is 40.4 Å². The lowest BCUT2D eigenvalue weighted by atomic mass is 10.2. The fourth-order valence-corrected chi connectivity index (χ4v) is 3.55. The molecule has 114 valence electrons. The van der Waals surface area contributed by atoms with Crippen LogP contribution >= 0.6 is 11.8 Å². The number of hydrogen-bond donors (Lipinski definition) is 0. The average Bonchev–Trinajstić information content (AvgIpc) is 3.38. The summed E-state index contributed by atoms with van der Waals surface area (Å²) in [6.07, 6.45) is 4.18. The number of thioether (sulfide) groups is 1. The summed E-state index contributed by atoms with van der Waals surface area (Å²) in [5, 5.41) is 0.782. The van der Waals surface area contributed by atoms with Gasteiger partial charge in [0.2, 0.25) is 0 Å². The molecule has 1 aliphatic carbocycles. The number of hydrogen-bond acceptors (Lipinski definition) is 5. The molecule has 6 heteroatoms. The third kappa shape index (κ3) is 2.70. The Balaban J connectivity index is 1.58. The smallest absolute Gasteiger partial charge is 0.273 e. The lowest BCUT2D eigenvalue weighted by Crippen LogP contribution is -2.16. The van der Waals surface area contributed by atoms with Crippen molar-refractivity contribution in [1.29, 1.82) is 0 Å². The number of fused-ring (bicyclic) bond motifs is 1. The van der Waals surface area contributed by atoms with Crippen LogP contribution in [0.5, 0.6) is 11.5 Å². The Kier molecular flexibility index (Phi) is 3.54. The summed E-state index contributed by atoms with van der Waals surface area (Å²) < 4.78 is 13.4. The lowest BCUT2D eigenvalue weighted by molar-refractivity contribution is 0.170. The maximum absolute atomic E-state index is 11.5. The number of ether oxygens (including phenoxy) is 2. The van der Waals surface area contributed by atoms with Gasteiger partial charge in [-0.2, -0.15) is 4.98 Å². The first-order chi connectivity index (χ1) is 10.8. The Bertz CT molecular complexity index is 755. The van der Waals surface area contributed by atoms with Gasteiger partial charge < -0.3 is 14.0 Å². The second kappa shape index (κ2) is 5.68. The molecule has 22 heavy (non-hydrogen) atoms. The van der Waals surface area contributed by atoms with E-state index in [1.54, 1.807) is 11.8 Å². The Morgan fingerprint density at radius 1 is 1.23 bits per heavy atom. The Morgan fingerprint density at radius 2 is 2.09 bits per heavy atom. The molecule has 0 spiro atoms. The summed E-state index contributed by atoms with van der Waals surface area (Å²) in [6.45, 7) is 1.16. The Morgan fingerprint density at radius 3 is 2.95 bits per heavy atom. The molecule has 0 unspecified atom stereocenters. The van der Waals surface area contributed by atoms with Crippen molar-refractivity contribution in [2.75, 3.05) is 13.2 Å². The van der Waals surface area contributed by atoms with Gasteiger partial charge in [0.25, 0.3) is 5.56 Å². The monoisotopic (exact) mass is 316 g/mol. The van der Waals surface area contributed by atoms with Gasteiger partial charge in [-0.3, -0.25) is 4.79 Å². The van der Waals surface area contributed by atoms with Crippen LogP contribution in [-0.4, -0.2) is 22.8 Å². The topological polar surface area (TPSA) is 53.4 Å². The zero-order valence-corrected chi connectivity index (χ0v) is 12.8. The molecule has 0 atom stereocenters. The molecule has 0 N–H and O–H groups in total. The highest BCUT2D eigenvalue weighted by atomic mass is 32.2. The maximum atomic E-state index is 11.5. The van der Waals surface area contributed by atoms with Gasteiger partial charge in [0.1, 0.15) is 13.2 Å². The van der Waals surface area contributed by atoms with E-state index in [0.29, 0.717) is 25.0 Å². The van der Waals surface area contributed by atoms with Gasteiger partial charge in [-0.05, 0) is 18.9 Å². The predicted molar refractivity (Wildman–Crippen MR) is 83.8 cm³/mol. The van der Waals surface area contributed by atoms with Gasteiger partial charge >= 0.3 is 0 Å². The summed E-state index contributed by atoms with van der Waals surface area (Å²) in [6, 6.07) is 7.95. The zero-order chi connectivity index (χ0) is 14.9. The number of aromatic nitrogens is 2. The van der Waals surface area contributed by atoms with Crippen molar-refractivity contribution in [3.63, 3.8) is 0 Å². The molecule has 0 radical (unpaired) electrons. The minimum absolute atomic E-state index is 0.186. The third-order valence-electron chi connectivity index (χ3n) is 3.75. The molecule has 1 fully saturated rings. The Hall–Kier alpha value is -1.95. The molecule has 2 aliphatic rings. The van der Waals surface area contributed by atoms with Crippen LogP contribution in [0.4, 0.5) is 0 Å². The van der Waals surface area contributed by atoms with Crippen LogP contribution in [0, 0.1) is 0 Å². The normalized spacial score (nSPS) is 16.5. The van der Waals surface area contributed by atoms with E-state index in [-0.39, 0.29) is 5.56 Å². The molecule has 4 rings (SSSR count).